The van der Waals surface area contributed by atoms with Gasteiger partial charge in [0.05, 0.1) is 0 Å². The van der Waals surface area contributed by atoms with Crippen LogP contribution in [-0.2, 0) is 4.79 Å². The average molecular weight is 201 g/mol. The lowest BCUT2D eigenvalue weighted by atomic mass is 10.3. The maximum absolute atomic E-state index is 11.1. The summed E-state index contributed by atoms with van der Waals surface area (Å²) in [6.07, 6.45) is 0.932. The Balaban J connectivity index is 4.10. The van der Waals surface area contributed by atoms with E-state index in [4.69, 9.17) is 5.84 Å². The molecule has 1 unspecified atom stereocenters. The molecule has 0 aliphatic carbocycles. The Morgan fingerprint density at radius 1 is 1.57 bits per heavy atom. The monoisotopic (exact) mass is 201 g/mol. The molecule has 0 aromatic heterocycles. The second-order valence-electron chi connectivity index (χ2n) is 2.85. The zero-order chi connectivity index (χ0) is 11.0. The second kappa shape index (κ2) is 7.14. The van der Waals surface area contributed by atoms with Gasteiger partial charge in [-0.25, -0.2) is 5.84 Å². The van der Waals surface area contributed by atoms with Gasteiger partial charge in [-0.15, -0.1) is 0 Å². The van der Waals surface area contributed by atoms with Crippen LogP contribution in [0.1, 0.15) is 20.3 Å². The predicted molar refractivity (Wildman–Crippen MR) is 56.6 cm³/mol. The molecule has 0 spiro atoms. The molecule has 0 bridgehead atoms. The SMILES string of the molecule is CCCN=C(NN)NC(C)C(=O)NC. The molecule has 6 nitrogen and oxygen atoms in total. The Morgan fingerprint density at radius 3 is 2.64 bits per heavy atom. The molecule has 82 valence electrons. The van der Waals surface area contributed by atoms with E-state index < -0.39 is 0 Å². The van der Waals surface area contributed by atoms with Crippen LogP contribution in [0.2, 0.25) is 0 Å². The number of nitrogens with zero attached hydrogens (tertiary/aromatic N) is 1. The molecule has 1 amide bonds. The van der Waals surface area contributed by atoms with Crippen LogP contribution in [0.4, 0.5) is 0 Å². The molecule has 0 aromatic rings. The van der Waals surface area contributed by atoms with E-state index in [0.717, 1.165) is 6.42 Å². The Bertz CT molecular complexity index is 204. The van der Waals surface area contributed by atoms with Crippen molar-refractivity contribution < 1.29 is 4.79 Å². The molecular weight excluding hydrogens is 182 g/mol. The van der Waals surface area contributed by atoms with Gasteiger partial charge in [-0.2, -0.15) is 0 Å². The van der Waals surface area contributed by atoms with Crippen LogP contribution in [0.5, 0.6) is 0 Å². The van der Waals surface area contributed by atoms with Gasteiger partial charge >= 0.3 is 0 Å². The van der Waals surface area contributed by atoms with Crippen molar-refractivity contribution in [1.82, 2.24) is 16.1 Å². The number of aliphatic imine (C=N–C) groups is 1. The standard InChI is InChI=1S/C8H19N5O/c1-4-5-11-8(13-9)12-6(2)7(14)10-3/h6H,4-5,9H2,1-3H3,(H,10,14)(H2,11,12,13). The van der Waals surface area contributed by atoms with Crippen molar-refractivity contribution in [3.63, 3.8) is 0 Å². The molecule has 0 saturated carbocycles. The highest BCUT2D eigenvalue weighted by atomic mass is 16.2. The van der Waals surface area contributed by atoms with Crippen LogP contribution in [0.25, 0.3) is 0 Å². The van der Waals surface area contributed by atoms with E-state index in [9.17, 15) is 4.79 Å². The van der Waals surface area contributed by atoms with E-state index in [1.807, 2.05) is 6.92 Å². The summed E-state index contributed by atoms with van der Waals surface area (Å²) in [6, 6.07) is -0.355. The van der Waals surface area contributed by atoms with Crippen LogP contribution in [0, 0.1) is 0 Å². The highest BCUT2D eigenvalue weighted by molar-refractivity contribution is 5.88. The van der Waals surface area contributed by atoms with Gasteiger partial charge in [0, 0.05) is 13.6 Å². The Kier molecular flexibility index (Phi) is 6.47. The summed E-state index contributed by atoms with van der Waals surface area (Å²) in [4.78, 5) is 15.2. The Labute approximate surface area is 84.3 Å². The quantitative estimate of drug-likeness (QED) is 0.202. The zero-order valence-corrected chi connectivity index (χ0v) is 8.92. The van der Waals surface area contributed by atoms with Crippen molar-refractivity contribution in [3.05, 3.63) is 0 Å². The van der Waals surface area contributed by atoms with Gasteiger partial charge in [0.1, 0.15) is 6.04 Å². The summed E-state index contributed by atoms with van der Waals surface area (Å²) in [6.45, 7) is 4.42. The lowest BCUT2D eigenvalue weighted by Crippen LogP contribution is -2.50. The minimum absolute atomic E-state index is 0.107. The summed E-state index contributed by atoms with van der Waals surface area (Å²) < 4.78 is 0. The van der Waals surface area contributed by atoms with Crippen molar-refractivity contribution in [2.75, 3.05) is 13.6 Å². The third-order valence-corrected chi connectivity index (χ3v) is 1.62. The number of nitrogens with one attached hydrogen (secondary N) is 3. The summed E-state index contributed by atoms with van der Waals surface area (Å²) in [5.74, 6) is 5.55. The molecule has 0 fully saturated rings. The minimum atomic E-state index is -0.355. The van der Waals surface area contributed by atoms with E-state index >= 15 is 0 Å². The fourth-order valence-corrected chi connectivity index (χ4v) is 0.844. The van der Waals surface area contributed by atoms with Crippen molar-refractivity contribution in [3.8, 4) is 0 Å². The number of hydrogen-bond donors (Lipinski definition) is 4. The van der Waals surface area contributed by atoms with Gasteiger partial charge in [0.2, 0.25) is 11.9 Å². The number of rotatable bonds is 4. The molecule has 6 heteroatoms. The highest BCUT2D eigenvalue weighted by Crippen LogP contribution is 1.83. The van der Waals surface area contributed by atoms with Crippen molar-refractivity contribution in [2.45, 2.75) is 26.3 Å². The fraction of sp³-hybridized carbons (Fsp3) is 0.750. The number of likely N-dealkylation sites (N-methyl/N-ethyl adjacent to an activating group) is 1. The van der Waals surface area contributed by atoms with Crippen LogP contribution in [0.3, 0.4) is 0 Å². The molecule has 0 aliphatic rings. The average Bonchev–Trinajstić information content (AvgIpc) is 2.22. The van der Waals surface area contributed by atoms with Gasteiger partial charge in [0.25, 0.3) is 0 Å². The van der Waals surface area contributed by atoms with Gasteiger partial charge < -0.3 is 10.6 Å². The molecule has 5 N–H and O–H groups in total. The number of carbonyl (C=O) groups excluding carboxylic acids is 1. The van der Waals surface area contributed by atoms with E-state index in [2.05, 4.69) is 21.1 Å². The predicted octanol–water partition coefficient (Wildman–Crippen LogP) is -1.06. The van der Waals surface area contributed by atoms with E-state index in [1.54, 1.807) is 14.0 Å². The van der Waals surface area contributed by atoms with Crippen LogP contribution in [-0.4, -0.2) is 31.5 Å². The van der Waals surface area contributed by atoms with Crippen molar-refractivity contribution in [2.24, 2.45) is 10.8 Å². The summed E-state index contributed by atoms with van der Waals surface area (Å²) in [7, 11) is 1.58. The van der Waals surface area contributed by atoms with Gasteiger partial charge in [-0.05, 0) is 13.3 Å². The number of nitrogens with two attached hydrogens (primary N) is 1. The third kappa shape index (κ3) is 4.66. The first-order valence-corrected chi connectivity index (χ1v) is 4.64. The normalized spacial score (nSPS) is 13.3. The molecule has 0 saturated heterocycles. The lowest BCUT2D eigenvalue weighted by molar-refractivity contribution is -0.121. The Hall–Kier alpha value is -1.30. The van der Waals surface area contributed by atoms with E-state index in [-0.39, 0.29) is 11.9 Å². The minimum Gasteiger partial charge on any atom is -0.357 e. The molecule has 0 radical (unpaired) electrons. The summed E-state index contributed by atoms with van der Waals surface area (Å²) in [5, 5.41) is 5.38. The van der Waals surface area contributed by atoms with Crippen LogP contribution >= 0.6 is 0 Å². The van der Waals surface area contributed by atoms with Gasteiger partial charge in [-0.3, -0.25) is 15.2 Å². The van der Waals surface area contributed by atoms with Crippen LogP contribution < -0.4 is 21.9 Å². The first kappa shape index (κ1) is 12.7. The molecule has 0 rings (SSSR count). The van der Waals surface area contributed by atoms with Gasteiger partial charge in [-0.1, -0.05) is 6.92 Å². The summed E-state index contributed by atoms with van der Waals surface area (Å²) >= 11 is 0. The molecule has 0 heterocycles. The number of hydrazine groups is 1. The van der Waals surface area contributed by atoms with Crippen molar-refractivity contribution in [1.29, 1.82) is 0 Å². The van der Waals surface area contributed by atoms with E-state index in [0.29, 0.717) is 12.5 Å². The summed E-state index contributed by atoms with van der Waals surface area (Å²) in [5.41, 5.74) is 2.41. The van der Waals surface area contributed by atoms with Crippen molar-refractivity contribution >= 4 is 11.9 Å². The maximum Gasteiger partial charge on any atom is 0.242 e. The lowest BCUT2D eigenvalue weighted by Gasteiger charge is -2.14. The van der Waals surface area contributed by atoms with Crippen LogP contribution in [0.15, 0.2) is 4.99 Å². The molecule has 0 aliphatic heterocycles. The number of hydrogen-bond acceptors (Lipinski definition) is 3. The number of amides is 1. The zero-order valence-electron chi connectivity index (χ0n) is 8.92. The largest absolute Gasteiger partial charge is 0.357 e. The third-order valence-electron chi connectivity index (χ3n) is 1.62. The van der Waals surface area contributed by atoms with E-state index in [1.165, 1.54) is 0 Å². The molecular formula is C8H19N5O. The fourth-order valence-electron chi connectivity index (χ4n) is 0.844. The number of carbonyl (C=O) groups is 1. The number of guanidine groups is 1. The molecule has 14 heavy (non-hydrogen) atoms. The van der Waals surface area contributed by atoms with Gasteiger partial charge in [0.15, 0.2) is 0 Å². The first-order chi connectivity index (χ1) is 6.65. The molecule has 1 atom stereocenters. The Morgan fingerprint density at radius 2 is 2.21 bits per heavy atom. The second-order valence-corrected chi connectivity index (χ2v) is 2.85. The topological polar surface area (TPSA) is 91.5 Å². The first-order valence-electron chi connectivity index (χ1n) is 4.64. The smallest absolute Gasteiger partial charge is 0.242 e. The maximum atomic E-state index is 11.1. The highest BCUT2D eigenvalue weighted by Gasteiger charge is 2.11. The molecule has 0 aromatic carbocycles.